The van der Waals surface area contributed by atoms with Crippen molar-refractivity contribution in [2.24, 2.45) is 0 Å². The lowest BCUT2D eigenvalue weighted by atomic mass is 9.89. The summed E-state index contributed by atoms with van der Waals surface area (Å²) in [5.74, 6) is 0.351. The normalized spacial score (nSPS) is 27.4. The largest absolute Gasteiger partial charge is 0.508 e. The summed E-state index contributed by atoms with van der Waals surface area (Å²) >= 11 is 0. The summed E-state index contributed by atoms with van der Waals surface area (Å²) < 4.78 is 5.49. The van der Waals surface area contributed by atoms with Crippen molar-refractivity contribution < 1.29 is 9.84 Å². The van der Waals surface area contributed by atoms with Gasteiger partial charge >= 0.3 is 0 Å². The minimum atomic E-state index is -0.164. The van der Waals surface area contributed by atoms with E-state index in [0.717, 1.165) is 19.3 Å². The first-order valence-corrected chi connectivity index (χ1v) is 4.86. The Labute approximate surface area is 79.9 Å². The lowest BCUT2D eigenvalue weighted by Gasteiger charge is -2.30. The van der Waals surface area contributed by atoms with E-state index in [1.165, 1.54) is 6.42 Å². The highest BCUT2D eigenvalue weighted by Crippen LogP contribution is 2.28. The van der Waals surface area contributed by atoms with Crippen LogP contribution < -0.4 is 0 Å². The highest BCUT2D eigenvalue weighted by molar-refractivity contribution is 5.22. The van der Waals surface area contributed by atoms with Gasteiger partial charge in [0.2, 0.25) is 0 Å². The third-order valence-electron chi connectivity index (χ3n) is 2.57. The highest BCUT2D eigenvalue weighted by atomic mass is 16.5. The quantitative estimate of drug-likeness (QED) is 0.724. The Balaban J connectivity index is 2.58. The molecule has 2 heteroatoms. The summed E-state index contributed by atoms with van der Waals surface area (Å²) in [5, 5.41) is 9.18. The molecule has 2 nitrogen and oxygen atoms in total. The predicted molar refractivity (Wildman–Crippen MR) is 53.7 cm³/mol. The van der Waals surface area contributed by atoms with E-state index in [-0.39, 0.29) is 5.60 Å². The van der Waals surface area contributed by atoms with Crippen LogP contribution in [0.3, 0.4) is 0 Å². The standard InChI is InChI=1S/C11H18O2/c1-3-4-7-11(13-2)8-5-10(12)6-9-11/h5-6,8,12H,3-4,7,9H2,1-2H3. The summed E-state index contributed by atoms with van der Waals surface area (Å²) in [7, 11) is 1.73. The minimum absolute atomic E-state index is 0.164. The number of methoxy groups -OCH3 is 1. The Bertz CT molecular complexity index is 218. The monoisotopic (exact) mass is 182 g/mol. The molecule has 1 rings (SSSR count). The fourth-order valence-corrected chi connectivity index (χ4v) is 1.57. The molecule has 0 saturated carbocycles. The van der Waals surface area contributed by atoms with E-state index >= 15 is 0 Å². The van der Waals surface area contributed by atoms with Crippen molar-refractivity contribution in [2.75, 3.05) is 7.11 Å². The van der Waals surface area contributed by atoms with E-state index in [4.69, 9.17) is 4.74 Å². The molecule has 0 spiro atoms. The zero-order valence-electron chi connectivity index (χ0n) is 8.42. The molecule has 0 saturated heterocycles. The molecule has 0 aromatic heterocycles. The van der Waals surface area contributed by atoms with Gasteiger partial charge in [0, 0.05) is 13.5 Å². The van der Waals surface area contributed by atoms with Gasteiger partial charge in [0.05, 0.1) is 5.60 Å². The molecule has 13 heavy (non-hydrogen) atoms. The predicted octanol–water partition coefficient (Wildman–Crippen LogP) is 2.96. The van der Waals surface area contributed by atoms with Crippen molar-refractivity contribution in [3.05, 3.63) is 24.0 Å². The van der Waals surface area contributed by atoms with Crippen LogP contribution in [-0.2, 0) is 4.74 Å². The zero-order chi connectivity index (χ0) is 9.73. The molecule has 1 unspecified atom stereocenters. The summed E-state index contributed by atoms with van der Waals surface area (Å²) in [6.45, 7) is 2.17. The van der Waals surface area contributed by atoms with Crippen molar-refractivity contribution in [1.29, 1.82) is 0 Å². The van der Waals surface area contributed by atoms with Gasteiger partial charge in [0.15, 0.2) is 0 Å². The summed E-state index contributed by atoms with van der Waals surface area (Å²) in [5.41, 5.74) is -0.164. The zero-order valence-corrected chi connectivity index (χ0v) is 8.42. The molecule has 0 aliphatic heterocycles. The third kappa shape index (κ3) is 2.59. The number of allylic oxidation sites excluding steroid dienone is 1. The SMILES string of the molecule is CCCCC1(OC)C=CC(O)=CC1. The number of hydrogen-bond donors (Lipinski definition) is 1. The fraction of sp³-hybridized carbons (Fsp3) is 0.636. The van der Waals surface area contributed by atoms with Gasteiger partial charge in [0.25, 0.3) is 0 Å². The van der Waals surface area contributed by atoms with Crippen LogP contribution in [0.25, 0.3) is 0 Å². The Morgan fingerprint density at radius 2 is 2.38 bits per heavy atom. The maximum Gasteiger partial charge on any atom is 0.111 e. The number of hydrogen-bond acceptors (Lipinski definition) is 2. The van der Waals surface area contributed by atoms with E-state index in [0.29, 0.717) is 5.76 Å². The molecule has 1 atom stereocenters. The minimum Gasteiger partial charge on any atom is -0.508 e. The molecular formula is C11H18O2. The van der Waals surface area contributed by atoms with E-state index in [9.17, 15) is 5.11 Å². The van der Waals surface area contributed by atoms with Gasteiger partial charge in [-0.25, -0.2) is 0 Å². The molecule has 0 aromatic carbocycles. The second-order valence-electron chi connectivity index (χ2n) is 3.54. The molecule has 1 aliphatic rings. The number of aliphatic hydroxyl groups is 1. The Hall–Kier alpha value is -0.760. The molecule has 0 heterocycles. The average Bonchev–Trinajstić information content (AvgIpc) is 2.18. The number of unbranched alkanes of at least 4 members (excludes halogenated alkanes) is 1. The maximum atomic E-state index is 9.18. The topological polar surface area (TPSA) is 29.5 Å². The van der Waals surface area contributed by atoms with Crippen molar-refractivity contribution in [1.82, 2.24) is 0 Å². The molecule has 1 aliphatic carbocycles. The van der Waals surface area contributed by atoms with E-state index in [1.807, 2.05) is 12.2 Å². The molecule has 74 valence electrons. The van der Waals surface area contributed by atoms with Crippen LogP contribution in [0.1, 0.15) is 32.6 Å². The first-order chi connectivity index (χ1) is 6.22. The first-order valence-electron chi connectivity index (χ1n) is 4.86. The van der Waals surface area contributed by atoms with Gasteiger partial charge in [-0.15, -0.1) is 0 Å². The molecular weight excluding hydrogens is 164 g/mol. The summed E-state index contributed by atoms with van der Waals surface area (Å²) in [6, 6.07) is 0. The fourth-order valence-electron chi connectivity index (χ4n) is 1.57. The van der Waals surface area contributed by atoms with Gasteiger partial charge in [-0.1, -0.05) is 19.8 Å². The molecule has 0 bridgehead atoms. The van der Waals surface area contributed by atoms with Crippen LogP contribution in [0.4, 0.5) is 0 Å². The molecule has 0 aromatic rings. The second kappa shape index (κ2) is 4.47. The number of aliphatic hydroxyl groups excluding tert-OH is 1. The third-order valence-corrected chi connectivity index (χ3v) is 2.57. The van der Waals surface area contributed by atoms with Gasteiger partial charge in [0.1, 0.15) is 5.76 Å². The van der Waals surface area contributed by atoms with Gasteiger partial charge < -0.3 is 9.84 Å². The van der Waals surface area contributed by atoms with Gasteiger partial charge in [-0.05, 0) is 24.6 Å². The molecule has 1 N–H and O–H groups in total. The maximum absolute atomic E-state index is 9.18. The van der Waals surface area contributed by atoms with E-state index in [1.54, 1.807) is 13.2 Å². The van der Waals surface area contributed by atoms with Crippen molar-refractivity contribution in [3.63, 3.8) is 0 Å². The van der Waals surface area contributed by atoms with Gasteiger partial charge in [-0.2, -0.15) is 0 Å². The lowest BCUT2D eigenvalue weighted by Crippen LogP contribution is -2.29. The number of ether oxygens (including phenoxy) is 1. The van der Waals surface area contributed by atoms with Crippen LogP contribution in [0.5, 0.6) is 0 Å². The van der Waals surface area contributed by atoms with Crippen LogP contribution in [0.2, 0.25) is 0 Å². The van der Waals surface area contributed by atoms with E-state index < -0.39 is 0 Å². The Kier molecular flexibility index (Phi) is 3.55. The summed E-state index contributed by atoms with van der Waals surface area (Å²) in [6.07, 6.45) is 9.66. The Morgan fingerprint density at radius 1 is 1.62 bits per heavy atom. The van der Waals surface area contributed by atoms with Crippen molar-refractivity contribution in [2.45, 2.75) is 38.2 Å². The Morgan fingerprint density at radius 3 is 2.85 bits per heavy atom. The van der Waals surface area contributed by atoms with Crippen LogP contribution in [0.15, 0.2) is 24.0 Å². The van der Waals surface area contributed by atoms with Gasteiger partial charge in [-0.3, -0.25) is 0 Å². The number of rotatable bonds is 4. The molecule has 0 fully saturated rings. The lowest BCUT2D eigenvalue weighted by molar-refractivity contribution is 0.0234. The van der Waals surface area contributed by atoms with Crippen molar-refractivity contribution in [3.8, 4) is 0 Å². The second-order valence-corrected chi connectivity index (χ2v) is 3.54. The summed E-state index contributed by atoms with van der Waals surface area (Å²) in [4.78, 5) is 0. The average molecular weight is 182 g/mol. The van der Waals surface area contributed by atoms with Crippen LogP contribution in [-0.4, -0.2) is 17.8 Å². The highest BCUT2D eigenvalue weighted by Gasteiger charge is 2.26. The van der Waals surface area contributed by atoms with Crippen LogP contribution in [0, 0.1) is 0 Å². The first kappa shape index (κ1) is 10.3. The van der Waals surface area contributed by atoms with Crippen LogP contribution >= 0.6 is 0 Å². The smallest absolute Gasteiger partial charge is 0.111 e. The molecule has 0 amide bonds. The van der Waals surface area contributed by atoms with Crippen molar-refractivity contribution >= 4 is 0 Å². The van der Waals surface area contributed by atoms with E-state index in [2.05, 4.69) is 6.92 Å². The molecule has 0 radical (unpaired) electrons.